The number of benzene rings is 1. The SMILES string of the molecule is C[C@H](CCO)Nc1ccc(C(=O)N2CCC(CCc3ccccc3)CC2)cn1. The minimum Gasteiger partial charge on any atom is -0.396 e. The molecule has 3 rings (SSSR count). The molecule has 0 bridgehead atoms. The van der Waals surface area contributed by atoms with Gasteiger partial charge in [0.1, 0.15) is 5.82 Å². The summed E-state index contributed by atoms with van der Waals surface area (Å²) in [7, 11) is 0. The van der Waals surface area contributed by atoms with Crippen LogP contribution in [-0.4, -0.2) is 46.6 Å². The third kappa shape index (κ3) is 5.80. The van der Waals surface area contributed by atoms with Gasteiger partial charge in [0.15, 0.2) is 0 Å². The Kier molecular flexibility index (Phi) is 7.43. The Labute approximate surface area is 167 Å². The first kappa shape index (κ1) is 20.3. The zero-order chi connectivity index (χ0) is 19.8. The lowest BCUT2D eigenvalue weighted by Gasteiger charge is -2.32. The molecule has 1 aromatic heterocycles. The largest absolute Gasteiger partial charge is 0.396 e. The van der Waals surface area contributed by atoms with Gasteiger partial charge >= 0.3 is 0 Å². The number of hydrogen-bond donors (Lipinski definition) is 2. The Morgan fingerprint density at radius 2 is 1.96 bits per heavy atom. The lowest BCUT2D eigenvalue weighted by molar-refractivity contribution is 0.0686. The molecule has 0 radical (unpaired) electrons. The third-order valence-corrected chi connectivity index (χ3v) is 5.55. The van der Waals surface area contributed by atoms with Crippen molar-refractivity contribution in [2.75, 3.05) is 25.0 Å². The van der Waals surface area contributed by atoms with Crippen molar-refractivity contribution in [2.45, 2.75) is 45.1 Å². The van der Waals surface area contributed by atoms with E-state index in [9.17, 15) is 4.79 Å². The van der Waals surface area contributed by atoms with E-state index >= 15 is 0 Å². The summed E-state index contributed by atoms with van der Waals surface area (Å²) in [4.78, 5) is 19.1. The van der Waals surface area contributed by atoms with Gasteiger partial charge in [-0.3, -0.25) is 4.79 Å². The molecular weight excluding hydrogens is 350 g/mol. The standard InChI is InChI=1S/C23H31N3O2/c1-18(13-16-27)25-22-10-9-21(17-24-22)23(28)26-14-11-20(12-15-26)8-7-19-5-3-2-4-6-19/h2-6,9-10,17-18,20,27H,7-8,11-16H2,1H3,(H,24,25)/t18-/m1/s1. The predicted octanol–water partition coefficient (Wildman–Crippen LogP) is 3.75. The lowest BCUT2D eigenvalue weighted by atomic mass is 9.90. The van der Waals surface area contributed by atoms with E-state index in [4.69, 9.17) is 5.11 Å². The summed E-state index contributed by atoms with van der Waals surface area (Å²) < 4.78 is 0. The van der Waals surface area contributed by atoms with Gasteiger partial charge in [0.2, 0.25) is 0 Å². The molecule has 0 spiro atoms. The molecule has 0 saturated carbocycles. The maximum atomic E-state index is 12.8. The molecule has 1 aromatic carbocycles. The topological polar surface area (TPSA) is 65.5 Å². The monoisotopic (exact) mass is 381 g/mol. The van der Waals surface area contributed by atoms with Crippen molar-refractivity contribution in [3.05, 3.63) is 59.8 Å². The predicted molar refractivity (Wildman–Crippen MR) is 112 cm³/mol. The Morgan fingerprint density at radius 3 is 2.61 bits per heavy atom. The van der Waals surface area contributed by atoms with Crippen LogP contribution in [0.25, 0.3) is 0 Å². The van der Waals surface area contributed by atoms with E-state index in [0.29, 0.717) is 17.9 Å². The second-order valence-electron chi connectivity index (χ2n) is 7.75. The zero-order valence-electron chi connectivity index (χ0n) is 16.7. The Morgan fingerprint density at radius 1 is 1.21 bits per heavy atom. The number of carbonyl (C=O) groups is 1. The molecular formula is C23H31N3O2. The quantitative estimate of drug-likeness (QED) is 0.731. The summed E-state index contributed by atoms with van der Waals surface area (Å²) in [5, 5.41) is 12.2. The van der Waals surface area contributed by atoms with Crippen LogP contribution in [0, 0.1) is 5.92 Å². The van der Waals surface area contributed by atoms with Gasteiger partial charge in [-0.15, -0.1) is 0 Å². The molecule has 1 aliphatic rings. The Hall–Kier alpha value is -2.40. The van der Waals surface area contributed by atoms with Gasteiger partial charge in [0, 0.05) is 31.9 Å². The number of aliphatic hydroxyl groups excluding tert-OH is 1. The molecule has 0 unspecified atom stereocenters. The number of nitrogens with zero attached hydrogens (tertiary/aromatic N) is 2. The summed E-state index contributed by atoms with van der Waals surface area (Å²) in [6.45, 7) is 3.79. The van der Waals surface area contributed by atoms with Crippen LogP contribution >= 0.6 is 0 Å². The van der Waals surface area contributed by atoms with Crippen molar-refractivity contribution in [3.8, 4) is 0 Å². The van der Waals surface area contributed by atoms with E-state index in [-0.39, 0.29) is 18.6 Å². The highest BCUT2D eigenvalue weighted by Gasteiger charge is 2.23. The van der Waals surface area contributed by atoms with Gasteiger partial charge in [0.05, 0.1) is 5.56 Å². The fraction of sp³-hybridized carbons (Fsp3) is 0.478. The minimum absolute atomic E-state index is 0.0731. The molecule has 1 aliphatic heterocycles. The van der Waals surface area contributed by atoms with Crippen molar-refractivity contribution < 1.29 is 9.90 Å². The number of nitrogens with one attached hydrogen (secondary N) is 1. The fourth-order valence-corrected chi connectivity index (χ4v) is 3.75. The summed E-state index contributed by atoms with van der Waals surface area (Å²) >= 11 is 0. The number of likely N-dealkylation sites (tertiary alicyclic amines) is 1. The van der Waals surface area contributed by atoms with Crippen LogP contribution in [0.3, 0.4) is 0 Å². The molecule has 1 saturated heterocycles. The van der Waals surface area contributed by atoms with Crippen LogP contribution in [0.2, 0.25) is 0 Å². The highest BCUT2D eigenvalue weighted by molar-refractivity contribution is 5.94. The average Bonchev–Trinajstić information content (AvgIpc) is 2.73. The molecule has 5 heteroatoms. The zero-order valence-corrected chi connectivity index (χ0v) is 16.7. The van der Waals surface area contributed by atoms with E-state index in [1.54, 1.807) is 6.20 Å². The highest BCUT2D eigenvalue weighted by Crippen LogP contribution is 2.23. The van der Waals surface area contributed by atoms with Crippen LogP contribution in [-0.2, 0) is 6.42 Å². The van der Waals surface area contributed by atoms with Crippen LogP contribution in [0.4, 0.5) is 5.82 Å². The van der Waals surface area contributed by atoms with Crippen LogP contribution in [0.15, 0.2) is 48.7 Å². The maximum Gasteiger partial charge on any atom is 0.255 e. The molecule has 150 valence electrons. The number of carbonyl (C=O) groups excluding carboxylic acids is 1. The maximum absolute atomic E-state index is 12.8. The second-order valence-corrected chi connectivity index (χ2v) is 7.75. The number of aromatic nitrogens is 1. The first-order valence-electron chi connectivity index (χ1n) is 10.3. The summed E-state index contributed by atoms with van der Waals surface area (Å²) in [6, 6.07) is 14.5. The normalized spacial score (nSPS) is 16.0. The van der Waals surface area contributed by atoms with E-state index in [1.165, 1.54) is 12.0 Å². The van der Waals surface area contributed by atoms with Gasteiger partial charge in [-0.1, -0.05) is 30.3 Å². The van der Waals surface area contributed by atoms with E-state index in [1.807, 2.05) is 24.0 Å². The number of anilines is 1. The minimum atomic E-state index is 0.0731. The van der Waals surface area contributed by atoms with Gasteiger partial charge in [-0.05, 0) is 62.6 Å². The van der Waals surface area contributed by atoms with Crippen LogP contribution in [0.5, 0.6) is 0 Å². The molecule has 2 N–H and O–H groups in total. The Bertz CT molecular complexity index is 725. The third-order valence-electron chi connectivity index (χ3n) is 5.55. The number of piperidine rings is 1. The molecule has 0 aliphatic carbocycles. The van der Waals surface area contributed by atoms with Crippen molar-refractivity contribution in [1.82, 2.24) is 9.88 Å². The lowest BCUT2D eigenvalue weighted by Crippen LogP contribution is -2.38. The molecule has 2 aromatic rings. The molecule has 28 heavy (non-hydrogen) atoms. The molecule has 1 amide bonds. The average molecular weight is 382 g/mol. The molecule has 1 atom stereocenters. The van der Waals surface area contributed by atoms with Gasteiger partial charge < -0.3 is 15.3 Å². The summed E-state index contributed by atoms with van der Waals surface area (Å²) in [5.41, 5.74) is 2.04. The first-order chi connectivity index (χ1) is 13.7. The first-order valence-corrected chi connectivity index (χ1v) is 10.3. The van der Waals surface area contributed by atoms with Crippen molar-refractivity contribution in [2.24, 2.45) is 5.92 Å². The van der Waals surface area contributed by atoms with Crippen LogP contribution in [0.1, 0.15) is 48.5 Å². The van der Waals surface area contributed by atoms with Gasteiger partial charge in [-0.25, -0.2) is 4.98 Å². The number of aryl methyl sites for hydroxylation is 1. The summed E-state index contributed by atoms with van der Waals surface area (Å²) in [5.74, 6) is 1.50. The van der Waals surface area contributed by atoms with Crippen molar-refractivity contribution >= 4 is 11.7 Å². The number of amides is 1. The number of pyridine rings is 1. The number of rotatable bonds is 8. The number of aliphatic hydroxyl groups is 1. The molecule has 1 fully saturated rings. The summed E-state index contributed by atoms with van der Waals surface area (Å²) in [6.07, 6.45) is 6.78. The Balaban J connectivity index is 1.45. The van der Waals surface area contributed by atoms with Gasteiger partial charge in [0.25, 0.3) is 5.91 Å². The highest BCUT2D eigenvalue weighted by atomic mass is 16.3. The molecule has 5 nitrogen and oxygen atoms in total. The molecule has 2 heterocycles. The van der Waals surface area contributed by atoms with E-state index < -0.39 is 0 Å². The number of hydrogen-bond acceptors (Lipinski definition) is 4. The van der Waals surface area contributed by atoms with Gasteiger partial charge in [-0.2, -0.15) is 0 Å². The smallest absolute Gasteiger partial charge is 0.255 e. The van der Waals surface area contributed by atoms with Crippen LogP contribution < -0.4 is 5.32 Å². The fourth-order valence-electron chi connectivity index (χ4n) is 3.75. The van der Waals surface area contributed by atoms with Crippen molar-refractivity contribution in [1.29, 1.82) is 0 Å². The van der Waals surface area contributed by atoms with E-state index in [0.717, 1.165) is 38.2 Å². The van der Waals surface area contributed by atoms with E-state index in [2.05, 4.69) is 40.6 Å². The van der Waals surface area contributed by atoms with Crippen molar-refractivity contribution in [3.63, 3.8) is 0 Å². The second kappa shape index (κ2) is 10.2.